The molecule has 0 aromatic heterocycles. The Morgan fingerprint density at radius 1 is 0.950 bits per heavy atom. The molecule has 0 heterocycles. The number of benzene rings is 2. The molecule has 0 radical (unpaired) electrons. The maximum atomic E-state index is 11.6. The molecule has 0 aliphatic carbocycles. The van der Waals surface area contributed by atoms with Gasteiger partial charge in [0, 0.05) is 7.05 Å². The maximum absolute atomic E-state index is 11.6. The van der Waals surface area contributed by atoms with Crippen LogP contribution in [0.15, 0.2) is 48.5 Å². The van der Waals surface area contributed by atoms with E-state index in [1.165, 1.54) is 7.05 Å². The van der Waals surface area contributed by atoms with Crippen LogP contribution < -0.4 is 14.2 Å². The van der Waals surface area contributed by atoms with Crippen LogP contribution in [0.1, 0.15) is 5.56 Å². The Bertz CT molecular complexity index is 699. The van der Waals surface area contributed by atoms with Gasteiger partial charge in [0.05, 0.1) is 5.69 Å². The summed E-state index contributed by atoms with van der Waals surface area (Å²) >= 11 is 0. The van der Waals surface area contributed by atoms with E-state index in [1.54, 1.807) is 24.3 Å². The first-order valence-electron chi connectivity index (χ1n) is 6.05. The van der Waals surface area contributed by atoms with Gasteiger partial charge in [0.2, 0.25) is 0 Å². The molecule has 0 saturated heterocycles. The van der Waals surface area contributed by atoms with Crippen molar-refractivity contribution in [1.29, 1.82) is 0 Å². The number of aryl methyl sites for hydroxylation is 1. The number of para-hydroxylation sites is 3. The second kappa shape index (κ2) is 5.94. The fourth-order valence-corrected chi connectivity index (χ4v) is 2.19. The summed E-state index contributed by atoms with van der Waals surface area (Å²) in [5.41, 5.74) is 1.35. The normalized spacial score (nSPS) is 11.1. The average Bonchev–Trinajstić information content (AvgIpc) is 2.43. The van der Waals surface area contributed by atoms with Crippen molar-refractivity contribution in [3.05, 3.63) is 54.1 Å². The summed E-state index contributed by atoms with van der Waals surface area (Å²) < 4.78 is 33.5. The lowest BCUT2D eigenvalue weighted by Crippen LogP contribution is -2.26. The van der Waals surface area contributed by atoms with Crippen LogP contribution in [0.5, 0.6) is 11.5 Å². The highest BCUT2D eigenvalue weighted by molar-refractivity contribution is 7.90. The fraction of sp³-hybridized carbons (Fsp3) is 0.143. The summed E-state index contributed by atoms with van der Waals surface area (Å²) in [5.74, 6) is 1.13. The van der Waals surface area contributed by atoms with Gasteiger partial charge in [-0.2, -0.15) is 8.42 Å². The van der Waals surface area contributed by atoms with Crippen LogP contribution in [0.4, 0.5) is 5.69 Å². The molecule has 2 aromatic carbocycles. The Labute approximate surface area is 118 Å². The topological polar surface area (TPSA) is 67.4 Å². The molecule has 2 rings (SSSR count). The third kappa shape index (κ3) is 3.49. The summed E-state index contributed by atoms with van der Waals surface area (Å²) in [6.45, 7) is 1.93. The Balaban J connectivity index is 2.32. The zero-order chi connectivity index (χ0) is 14.6. The van der Waals surface area contributed by atoms with E-state index >= 15 is 0 Å². The van der Waals surface area contributed by atoms with Gasteiger partial charge < -0.3 is 4.74 Å². The van der Waals surface area contributed by atoms with E-state index in [-0.39, 0.29) is 0 Å². The van der Waals surface area contributed by atoms with Crippen molar-refractivity contribution in [2.24, 2.45) is 0 Å². The molecule has 0 atom stereocenters. The van der Waals surface area contributed by atoms with Gasteiger partial charge in [0.1, 0.15) is 5.75 Å². The molecule has 0 spiro atoms. The Kier molecular flexibility index (Phi) is 4.26. The van der Waals surface area contributed by atoms with Crippen molar-refractivity contribution >= 4 is 15.9 Å². The van der Waals surface area contributed by atoms with Gasteiger partial charge in [-0.15, -0.1) is 0 Å². The smallest absolute Gasteiger partial charge is 0.298 e. The van der Waals surface area contributed by atoms with Gasteiger partial charge in [-0.1, -0.05) is 30.3 Å². The van der Waals surface area contributed by atoms with Gasteiger partial charge >= 0.3 is 0 Å². The number of hydrogen-bond acceptors (Lipinski definition) is 3. The fourth-order valence-electron chi connectivity index (χ4n) is 1.63. The molecule has 5 nitrogen and oxygen atoms in total. The molecule has 0 bridgehead atoms. The largest absolute Gasteiger partial charge is 0.455 e. The highest BCUT2D eigenvalue weighted by atomic mass is 32.2. The Morgan fingerprint density at radius 2 is 1.55 bits per heavy atom. The van der Waals surface area contributed by atoms with E-state index in [9.17, 15) is 8.42 Å². The number of ether oxygens (including phenoxy) is 1. The van der Waals surface area contributed by atoms with Crippen LogP contribution in [0, 0.1) is 6.92 Å². The molecule has 0 amide bonds. The molecule has 0 unspecified atom stereocenters. The molecule has 2 N–H and O–H groups in total. The molecular weight excluding hydrogens is 276 g/mol. The van der Waals surface area contributed by atoms with Crippen LogP contribution >= 0.6 is 0 Å². The Morgan fingerprint density at radius 3 is 2.20 bits per heavy atom. The zero-order valence-electron chi connectivity index (χ0n) is 11.3. The lowest BCUT2D eigenvalue weighted by atomic mass is 10.2. The Hall–Kier alpha value is -2.05. The van der Waals surface area contributed by atoms with E-state index < -0.39 is 10.2 Å². The van der Waals surface area contributed by atoms with Crippen molar-refractivity contribution in [1.82, 2.24) is 4.72 Å². The van der Waals surface area contributed by atoms with Crippen molar-refractivity contribution in [2.45, 2.75) is 6.92 Å². The second-order valence-electron chi connectivity index (χ2n) is 4.17. The molecule has 0 aliphatic heterocycles. The summed E-state index contributed by atoms with van der Waals surface area (Å²) in [6, 6.07) is 14.4. The van der Waals surface area contributed by atoms with Crippen LogP contribution in [-0.4, -0.2) is 15.5 Å². The van der Waals surface area contributed by atoms with Gasteiger partial charge in [-0.3, -0.25) is 4.72 Å². The maximum Gasteiger partial charge on any atom is 0.298 e. The standard InChI is InChI=1S/C14H16N2O3S/c1-11-7-3-5-9-13(11)19-14-10-6-4-8-12(14)16-20(17,18)15-2/h3-10,15-16H,1-2H3. The van der Waals surface area contributed by atoms with Gasteiger partial charge in [0.25, 0.3) is 10.2 Å². The molecule has 2 aromatic rings. The number of anilines is 1. The van der Waals surface area contributed by atoms with Crippen molar-refractivity contribution < 1.29 is 13.2 Å². The average molecular weight is 292 g/mol. The highest BCUT2D eigenvalue weighted by Crippen LogP contribution is 2.31. The molecule has 0 fully saturated rings. The predicted octanol–water partition coefficient (Wildman–Crippen LogP) is 2.66. The SMILES string of the molecule is CNS(=O)(=O)Nc1ccccc1Oc1ccccc1C. The third-order valence-electron chi connectivity index (χ3n) is 2.71. The van der Waals surface area contributed by atoms with Crippen LogP contribution in [0.3, 0.4) is 0 Å². The molecule has 20 heavy (non-hydrogen) atoms. The molecule has 0 aliphatic rings. The van der Waals surface area contributed by atoms with Crippen molar-refractivity contribution in [3.63, 3.8) is 0 Å². The van der Waals surface area contributed by atoms with E-state index in [1.807, 2.05) is 31.2 Å². The minimum Gasteiger partial charge on any atom is -0.455 e. The third-order valence-corrected chi connectivity index (χ3v) is 3.74. The predicted molar refractivity (Wildman–Crippen MR) is 79.3 cm³/mol. The zero-order valence-corrected chi connectivity index (χ0v) is 12.1. The first-order chi connectivity index (χ1) is 9.52. The van der Waals surface area contributed by atoms with E-state index in [2.05, 4.69) is 9.44 Å². The van der Waals surface area contributed by atoms with E-state index in [4.69, 9.17) is 4.74 Å². The first-order valence-corrected chi connectivity index (χ1v) is 7.54. The lowest BCUT2D eigenvalue weighted by molar-refractivity contribution is 0.481. The lowest BCUT2D eigenvalue weighted by Gasteiger charge is -2.13. The van der Waals surface area contributed by atoms with Gasteiger partial charge in [0.15, 0.2) is 5.75 Å². The van der Waals surface area contributed by atoms with Crippen molar-refractivity contribution in [3.8, 4) is 11.5 Å². The molecular formula is C14H16N2O3S. The summed E-state index contributed by atoms with van der Waals surface area (Å²) in [6.07, 6.45) is 0. The summed E-state index contributed by atoms with van der Waals surface area (Å²) in [7, 11) is -2.24. The summed E-state index contributed by atoms with van der Waals surface area (Å²) in [5, 5.41) is 0. The number of hydrogen-bond donors (Lipinski definition) is 2. The minimum absolute atomic E-state index is 0.380. The molecule has 106 valence electrons. The number of rotatable bonds is 5. The minimum atomic E-state index is -3.58. The summed E-state index contributed by atoms with van der Waals surface area (Å²) in [4.78, 5) is 0. The van der Waals surface area contributed by atoms with Gasteiger partial charge in [-0.25, -0.2) is 4.72 Å². The van der Waals surface area contributed by atoms with Crippen LogP contribution in [0.2, 0.25) is 0 Å². The monoisotopic (exact) mass is 292 g/mol. The first kappa shape index (κ1) is 14.4. The quantitative estimate of drug-likeness (QED) is 0.890. The van der Waals surface area contributed by atoms with E-state index in [0.717, 1.165) is 5.56 Å². The highest BCUT2D eigenvalue weighted by Gasteiger charge is 2.11. The molecule has 6 heteroatoms. The van der Waals surface area contributed by atoms with Crippen LogP contribution in [-0.2, 0) is 10.2 Å². The number of nitrogens with one attached hydrogen (secondary N) is 2. The second-order valence-corrected chi connectivity index (χ2v) is 5.79. The van der Waals surface area contributed by atoms with Gasteiger partial charge in [-0.05, 0) is 30.7 Å². The molecule has 0 saturated carbocycles. The van der Waals surface area contributed by atoms with Crippen molar-refractivity contribution in [2.75, 3.05) is 11.8 Å². The van der Waals surface area contributed by atoms with Crippen LogP contribution in [0.25, 0.3) is 0 Å². The van der Waals surface area contributed by atoms with E-state index in [0.29, 0.717) is 17.2 Å².